The van der Waals surface area contributed by atoms with Gasteiger partial charge in [-0.3, -0.25) is 24.2 Å². The van der Waals surface area contributed by atoms with Crippen molar-refractivity contribution in [2.75, 3.05) is 17.0 Å². The largest absolute Gasteiger partial charge is 0.508 e. The zero-order valence-electron chi connectivity index (χ0n) is 26.3. The first-order chi connectivity index (χ1) is 24.7. The van der Waals surface area contributed by atoms with Crippen LogP contribution in [-0.4, -0.2) is 55.5 Å². The molecule has 3 aromatic rings. The molecule has 278 valence electrons. The van der Waals surface area contributed by atoms with Gasteiger partial charge < -0.3 is 5.11 Å². The predicted octanol–water partition coefficient (Wildman–Crippen LogP) is 6.77. The number of anilines is 2. The van der Waals surface area contributed by atoms with Crippen molar-refractivity contribution in [1.82, 2.24) is 9.99 Å². The summed E-state index contributed by atoms with van der Waals surface area (Å²) >= 11 is 20.2. The highest BCUT2D eigenvalue weighted by atomic mass is 35.5. The molecule has 2 aliphatic carbocycles. The van der Waals surface area contributed by atoms with Gasteiger partial charge in [0.15, 0.2) is 38.8 Å². The van der Waals surface area contributed by atoms with Crippen LogP contribution in [0.1, 0.15) is 30.0 Å². The first-order valence-electron chi connectivity index (χ1n) is 15.3. The number of nitrogens with zero attached hydrogens (tertiary/aromatic N) is 4. The summed E-state index contributed by atoms with van der Waals surface area (Å²) in [4.78, 5) is 54.1. The molecule has 2 aromatic carbocycles. The average Bonchev–Trinajstić information content (AvgIpc) is 3.43. The van der Waals surface area contributed by atoms with Crippen LogP contribution in [0.5, 0.6) is 5.75 Å². The van der Waals surface area contributed by atoms with E-state index in [4.69, 9.17) is 34.8 Å². The molecular weight excluding hydrogens is 791 g/mol. The summed E-state index contributed by atoms with van der Waals surface area (Å²) in [6.07, 6.45) is -4.61. The molecule has 7 rings (SSSR count). The molecule has 20 heteroatoms. The normalized spacial score (nSPS) is 28.3. The van der Waals surface area contributed by atoms with Crippen LogP contribution in [0, 0.1) is 46.8 Å². The van der Waals surface area contributed by atoms with Crippen molar-refractivity contribution in [3.05, 3.63) is 93.4 Å². The second-order valence-corrected chi connectivity index (χ2v) is 14.4. The zero-order valence-corrected chi connectivity index (χ0v) is 28.6. The van der Waals surface area contributed by atoms with Crippen LogP contribution in [0.2, 0.25) is 5.02 Å². The molecule has 1 aromatic heterocycles. The van der Waals surface area contributed by atoms with E-state index in [0.717, 1.165) is 19.2 Å². The van der Waals surface area contributed by atoms with Crippen LogP contribution in [0.25, 0.3) is 0 Å². The summed E-state index contributed by atoms with van der Waals surface area (Å²) < 4.78 is 114. The number of hydrogen-bond donors (Lipinski definition) is 1. The fraction of sp³-hybridized carbons (Fsp3) is 0.303. The molecule has 0 radical (unpaired) electrons. The number of hydrazine groups is 1. The van der Waals surface area contributed by atoms with Gasteiger partial charge in [-0.25, -0.2) is 31.8 Å². The molecule has 0 spiro atoms. The van der Waals surface area contributed by atoms with Gasteiger partial charge in [-0.15, -0.1) is 23.2 Å². The second kappa shape index (κ2) is 12.0. The predicted molar refractivity (Wildman–Crippen MR) is 169 cm³/mol. The fourth-order valence-electron chi connectivity index (χ4n) is 7.83. The molecule has 1 N–H and O–H groups in total. The summed E-state index contributed by atoms with van der Waals surface area (Å²) in [5.74, 6) is -24.7. The van der Waals surface area contributed by atoms with Crippen molar-refractivity contribution < 1.29 is 59.4 Å². The molecule has 2 saturated heterocycles. The first-order valence-corrected chi connectivity index (χ1v) is 16.4. The third-order valence-electron chi connectivity index (χ3n) is 10.1. The minimum atomic E-state index is -4.94. The summed E-state index contributed by atoms with van der Waals surface area (Å²) in [7, 11) is 1.06. The van der Waals surface area contributed by atoms with Gasteiger partial charge in [-0.2, -0.15) is 18.2 Å². The van der Waals surface area contributed by atoms with E-state index in [1.807, 2.05) is 0 Å². The van der Waals surface area contributed by atoms with E-state index in [-0.39, 0.29) is 27.5 Å². The molecule has 0 unspecified atom stereocenters. The van der Waals surface area contributed by atoms with E-state index in [0.29, 0.717) is 16.1 Å². The highest BCUT2D eigenvalue weighted by molar-refractivity contribution is 6.58. The van der Waals surface area contributed by atoms with Crippen molar-refractivity contribution in [2.24, 2.45) is 17.8 Å². The standard InChI is InChI=1S/C33H19Cl3F8N4O5/c1-46(26-16(34)7-8-17(45-26)33(42,43)44)48-27(50)14-6-5-13-15(18(14)28(48)51)10-31(35)29(52)47(25-23(40)21(38)20(37)22(39)24(25)41)30(53)32(31,36)19(13)11-3-2-4-12(49)9-11/h2-5,7-9,14-15,18-19,49H,6,10H2,1H3/t14-,15+,18-,19-,31+,32-/m0/s1. The highest BCUT2D eigenvalue weighted by Gasteiger charge is 2.77. The number of alkyl halides is 5. The summed E-state index contributed by atoms with van der Waals surface area (Å²) in [6.45, 7) is 0. The number of allylic oxidation sites excluding steroid dienone is 2. The zero-order chi connectivity index (χ0) is 38.9. The molecule has 6 atom stereocenters. The Labute approximate surface area is 307 Å². The van der Waals surface area contributed by atoms with Gasteiger partial charge in [0.1, 0.15) is 17.1 Å². The maximum atomic E-state index is 15.2. The quantitative estimate of drug-likeness (QED) is 0.0774. The lowest BCUT2D eigenvalue weighted by molar-refractivity contribution is -0.141. The maximum Gasteiger partial charge on any atom is 0.433 e. The minimum absolute atomic E-state index is 0.0365. The van der Waals surface area contributed by atoms with E-state index < -0.39 is 122 Å². The number of fused-ring (bicyclic) bond motifs is 4. The van der Waals surface area contributed by atoms with Gasteiger partial charge >= 0.3 is 6.18 Å². The summed E-state index contributed by atoms with van der Waals surface area (Å²) in [5, 5.41) is 11.2. The number of amides is 4. The van der Waals surface area contributed by atoms with Gasteiger partial charge in [-0.1, -0.05) is 35.4 Å². The monoisotopic (exact) mass is 808 g/mol. The number of imide groups is 2. The number of aromatic nitrogens is 1. The molecule has 3 fully saturated rings. The highest BCUT2D eigenvalue weighted by Crippen LogP contribution is 2.66. The number of rotatable bonds is 4. The molecule has 0 bridgehead atoms. The number of pyridine rings is 1. The Morgan fingerprint density at radius 3 is 2.11 bits per heavy atom. The van der Waals surface area contributed by atoms with Crippen LogP contribution in [0.4, 0.5) is 46.6 Å². The topological polar surface area (TPSA) is 111 Å². The Balaban J connectivity index is 1.38. The molecule has 9 nitrogen and oxygen atoms in total. The number of phenolic OH excluding ortho intramolecular Hbond substituents is 1. The van der Waals surface area contributed by atoms with Crippen LogP contribution in [-0.2, 0) is 25.4 Å². The molecule has 53 heavy (non-hydrogen) atoms. The van der Waals surface area contributed by atoms with Gasteiger partial charge in [0.25, 0.3) is 23.6 Å². The third-order valence-corrected chi connectivity index (χ3v) is 11.8. The molecular formula is C33H19Cl3F8N4O5. The molecule has 4 aliphatic rings. The van der Waals surface area contributed by atoms with E-state index >= 15 is 8.78 Å². The van der Waals surface area contributed by atoms with Gasteiger partial charge in [0.2, 0.25) is 5.82 Å². The number of halogens is 11. The number of carbonyl (C=O) groups excluding carboxylic acids is 4. The maximum absolute atomic E-state index is 15.2. The number of benzene rings is 2. The number of phenols is 1. The van der Waals surface area contributed by atoms with E-state index in [1.54, 1.807) is 0 Å². The second-order valence-electron chi connectivity index (χ2n) is 12.8. The Morgan fingerprint density at radius 1 is 0.887 bits per heavy atom. The molecule has 2 aliphatic heterocycles. The lowest BCUT2D eigenvalue weighted by Gasteiger charge is -2.50. The van der Waals surface area contributed by atoms with Crippen molar-refractivity contribution in [3.63, 3.8) is 0 Å². The lowest BCUT2D eigenvalue weighted by atomic mass is 9.56. The summed E-state index contributed by atoms with van der Waals surface area (Å²) in [5.41, 5.74) is -3.30. The van der Waals surface area contributed by atoms with E-state index in [2.05, 4.69) is 4.98 Å². The van der Waals surface area contributed by atoms with Crippen molar-refractivity contribution in [2.45, 2.75) is 34.7 Å². The Hall–Kier alpha value is -4.48. The van der Waals surface area contributed by atoms with Gasteiger partial charge in [0.05, 0.1) is 16.9 Å². The first kappa shape index (κ1) is 36.9. The Kier molecular flexibility index (Phi) is 8.36. The van der Waals surface area contributed by atoms with E-state index in [9.17, 15) is 50.6 Å². The SMILES string of the molecule is CN(c1nc(C(F)(F)F)ccc1Cl)N1C(=O)[C@H]2[C@H](CC=C3[C@H]2C[C@@]2(Cl)C(=O)N(c4c(F)c(F)c(F)c(F)c4F)C(=O)[C@@]2(Cl)[C@H]3c2cccc(O)c2)C1=O. The third kappa shape index (κ3) is 4.92. The Bertz CT molecular complexity index is 2200. The van der Waals surface area contributed by atoms with Gasteiger partial charge in [-0.05, 0) is 48.6 Å². The van der Waals surface area contributed by atoms with Crippen molar-refractivity contribution >= 4 is 69.9 Å². The van der Waals surface area contributed by atoms with Crippen LogP contribution < -0.4 is 9.91 Å². The van der Waals surface area contributed by atoms with Crippen molar-refractivity contribution in [3.8, 4) is 5.75 Å². The van der Waals surface area contributed by atoms with Crippen LogP contribution in [0.15, 0.2) is 48.0 Å². The van der Waals surface area contributed by atoms with E-state index in [1.165, 1.54) is 24.3 Å². The summed E-state index contributed by atoms with van der Waals surface area (Å²) in [6, 6.07) is 6.38. The average molecular weight is 810 g/mol. The Morgan fingerprint density at radius 2 is 1.51 bits per heavy atom. The van der Waals surface area contributed by atoms with Crippen LogP contribution in [0.3, 0.4) is 0 Å². The molecule has 1 saturated carbocycles. The van der Waals surface area contributed by atoms with Crippen molar-refractivity contribution in [1.29, 1.82) is 0 Å². The smallest absolute Gasteiger partial charge is 0.433 e. The van der Waals surface area contributed by atoms with Crippen LogP contribution >= 0.6 is 34.8 Å². The number of aromatic hydroxyl groups is 1. The lowest BCUT2D eigenvalue weighted by Crippen LogP contribution is -2.60. The fourth-order valence-corrected chi connectivity index (χ4v) is 9.00. The minimum Gasteiger partial charge on any atom is -0.508 e. The van der Waals surface area contributed by atoms with Gasteiger partial charge in [0, 0.05) is 13.0 Å². The molecule has 3 heterocycles. The number of hydrogen-bond acceptors (Lipinski definition) is 7. The molecule has 4 amide bonds. The number of carbonyl (C=O) groups is 4.